The average molecular weight is 472 g/mol. The van der Waals surface area contributed by atoms with Gasteiger partial charge in [0, 0.05) is 23.7 Å². The molecule has 1 heterocycles. The van der Waals surface area contributed by atoms with Crippen LogP contribution >= 0.6 is 35.0 Å². The SMILES string of the molecule is CCCNC(=O)C(C)NC(=O)CSc1nnc(-c2ccc(Cl)cc2Cl)n1CC(C)C. The molecule has 0 aliphatic carbocycles. The quantitative estimate of drug-likeness (QED) is 0.510. The molecule has 7 nitrogen and oxygen atoms in total. The van der Waals surface area contributed by atoms with Crippen molar-refractivity contribution in [2.24, 2.45) is 5.92 Å². The molecule has 0 saturated heterocycles. The molecule has 0 aliphatic heterocycles. The maximum absolute atomic E-state index is 12.3. The van der Waals surface area contributed by atoms with E-state index in [1.807, 2.05) is 17.6 Å². The van der Waals surface area contributed by atoms with Gasteiger partial charge in [-0.15, -0.1) is 10.2 Å². The van der Waals surface area contributed by atoms with Crippen LogP contribution in [0, 0.1) is 5.92 Å². The minimum Gasteiger partial charge on any atom is -0.354 e. The third kappa shape index (κ3) is 6.89. The Morgan fingerprint density at radius 3 is 2.57 bits per heavy atom. The predicted octanol–water partition coefficient (Wildman–Crippen LogP) is 4.03. The highest BCUT2D eigenvalue weighted by molar-refractivity contribution is 7.99. The second kappa shape index (κ2) is 11.6. The van der Waals surface area contributed by atoms with Crippen molar-refractivity contribution in [1.82, 2.24) is 25.4 Å². The van der Waals surface area contributed by atoms with Crippen LogP contribution in [0.25, 0.3) is 11.4 Å². The largest absolute Gasteiger partial charge is 0.354 e. The second-order valence-corrected chi connectivity index (χ2v) is 9.09. The van der Waals surface area contributed by atoms with E-state index in [-0.39, 0.29) is 17.6 Å². The fraction of sp³-hybridized carbons (Fsp3) is 0.500. The van der Waals surface area contributed by atoms with Crippen molar-refractivity contribution in [1.29, 1.82) is 0 Å². The molecule has 0 bridgehead atoms. The van der Waals surface area contributed by atoms with Crippen LogP contribution in [0.5, 0.6) is 0 Å². The summed E-state index contributed by atoms with van der Waals surface area (Å²) in [5, 5.41) is 15.7. The highest BCUT2D eigenvalue weighted by Gasteiger charge is 2.20. The maximum atomic E-state index is 12.3. The first-order valence-electron chi connectivity index (χ1n) is 9.81. The Balaban J connectivity index is 2.11. The van der Waals surface area contributed by atoms with Crippen LogP contribution in [0.1, 0.15) is 34.1 Å². The normalized spacial score (nSPS) is 12.1. The zero-order valence-corrected chi connectivity index (χ0v) is 19.9. The molecule has 0 saturated carbocycles. The van der Waals surface area contributed by atoms with Gasteiger partial charge in [0.1, 0.15) is 6.04 Å². The van der Waals surface area contributed by atoms with Gasteiger partial charge in [-0.1, -0.05) is 55.7 Å². The summed E-state index contributed by atoms with van der Waals surface area (Å²) in [7, 11) is 0. The lowest BCUT2D eigenvalue weighted by Crippen LogP contribution is -2.45. The maximum Gasteiger partial charge on any atom is 0.242 e. The van der Waals surface area contributed by atoms with Gasteiger partial charge in [0.05, 0.1) is 10.8 Å². The summed E-state index contributed by atoms with van der Waals surface area (Å²) in [6.45, 7) is 9.06. The van der Waals surface area contributed by atoms with E-state index in [4.69, 9.17) is 23.2 Å². The van der Waals surface area contributed by atoms with Crippen LogP contribution in [0.3, 0.4) is 0 Å². The minimum absolute atomic E-state index is 0.121. The highest BCUT2D eigenvalue weighted by Crippen LogP contribution is 2.31. The monoisotopic (exact) mass is 471 g/mol. The Labute approximate surface area is 191 Å². The molecule has 0 spiro atoms. The van der Waals surface area contributed by atoms with E-state index >= 15 is 0 Å². The van der Waals surface area contributed by atoms with E-state index in [0.717, 1.165) is 12.0 Å². The standard InChI is InChI=1S/C20H27Cl2N5O2S/c1-5-8-23-19(29)13(4)24-17(28)11-30-20-26-25-18(27(20)10-12(2)3)15-7-6-14(21)9-16(15)22/h6-7,9,12-13H,5,8,10-11H2,1-4H3,(H,23,29)(H,24,28). The number of amides is 2. The van der Waals surface area contributed by atoms with Gasteiger partial charge < -0.3 is 15.2 Å². The molecule has 2 amide bonds. The molecule has 164 valence electrons. The number of carbonyl (C=O) groups excluding carboxylic acids is 2. The first-order valence-corrected chi connectivity index (χ1v) is 11.6. The molecule has 1 aromatic heterocycles. The van der Waals surface area contributed by atoms with Crippen molar-refractivity contribution in [3.05, 3.63) is 28.2 Å². The Morgan fingerprint density at radius 1 is 1.20 bits per heavy atom. The molecule has 1 unspecified atom stereocenters. The van der Waals surface area contributed by atoms with Crippen LogP contribution in [0.15, 0.2) is 23.4 Å². The fourth-order valence-corrected chi connectivity index (χ4v) is 3.93. The molecule has 0 aliphatic rings. The van der Waals surface area contributed by atoms with E-state index in [1.54, 1.807) is 19.1 Å². The minimum atomic E-state index is -0.596. The molecule has 1 atom stereocenters. The van der Waals surface area contributed by atoms with Crippen molar-refractivity contribution in [3.63, 3.8) is 0 Å². The molecule has 2 aromatic rings. The van der Waals surface area contributed by atoms with Crippen LogP contribution in [0.2, 0.25) is 10.0 Å². The number of hydrogen-bond donors (Lipinski definition) is 2. The number of rotatable bonds is 10. The number of benzene rings is 1. The van der Waals surface area contributed by atoms with Crippen LogP contribution < -0.4 is 10.6 Å². The first-order chi connectivity index (χ1) is 14.2. The lowest BCUT2D eigenvalue weighted by atomic mass is 10.2. The summed E-state index contributed by atoms with van der Waals surface area (Å²) in [4.78, 5) is 24.2. The Hall–Kier alpha value is -1.77. The predicted molar refractivity (Wildman–Crippen MR) is 122 cm³/mol. The van der Waals surface area contributed by atoms with Gasteiger partial charge in [0.15, 0.2) is 11.0 Å². The number of carbonyl (C=O) groups is 2. The summed E-state index contributed by atoms with van der Waals surface area (Å²) in [6.07, 6.45) is 0.841. The van der Waals surface area contributed by atoms with Crippen LogP contribution in [-0.2, 0) is 16.1 Å². The molecule has 30 heavy (non-hydrogen) atoms. The molecule has 1 aromatic carbocycles. The van der Waals surface area contributed by atoms with Crippen LogP contribution in [0.4, 0.5) is 0 Å². The van der Waals surface area contributed by atoms with Gasteiger partial charge in [0.2, 0.25) is 11.8 Å². The van der Waals surface area contributed by atoms with E-state index in [9.17, 15) is 9.59 Å². The lowest BCUT2D eigenvalue weighted by molar-refractivity contribution is -0.127. The topological polar surface area (TPSA) is 88.9 Å². The second-order valence-electron chi connectivity index (χ2n) is 7.30. The number of nitrogens with zero attached hydrogens (tertiary/aromatic N) is 3. The lowest BCUT2D eigenvalue weighted by Gasteiger charge is -2.15. The first kappa shape index (κ1) is 24.5. The zero-order chi connectivity index (χ0) is 22.3. The Kier molecular flexibility index (Phi) is 9.45. The summed E-state index contributed by atoms with van der Waals surface area (Å²) < 4.78 is 1.95. The zero-order valence-electron chi connectivity index (χ0n) is 17.5. The molecular weight excluding hydrogens is 445 g/mol. The van der Waals surface area contributed by atoms with Crippen molar-refractivity contribution < 1.29 is 9.59 Å². The smallest absolute Gasteiger partial charge is 0.242 e. The van der Waals surface area contributed by atoms with E-state index in [0.29, 0.717) is 40.0 Å². The number of thioether (sulfide) groups is 1. The van der Waals surface area contributed by atoms with E-state index < -0.39 is 6.04 Å². The molecule has 2 N–H and O–H groups in total. The summed E-state index contributed by atoms with van der Waals surface area (Å²) >= 11 is 13.6. The van der Waals surface area contributed by atoms with Crippen molar-refractivity contribution in [2.75, 3.05) is 12.3 Å². The van der Waals surface area contributed by atoms with E-state index in [1.165, 1.54) is 11.8 Å². The fourth-order valence-electron chi connectivity index (χ4n) is 2.68. The summed E-state index contributed by atoms with van der Waals surface area (Å²) in [5.74, 6) is 0.639. The highest BCUT2D eigenvalue weighted by atomic mass is 35.5. The molecular formula is C20H27Cl2N5O2S. The van der Waals surface area contributed by atoms with Crippen LogP contribution in [-0.4, -0.2) is 44.9 Å². The van der Waals surface area contributed by atoms with Crippen molar-refractivity contribution >= 4 is 46.8 Å². The Morgan fingerprint density at radius 2 is 1.93 bits per heavy atom. The number of aromatic nitrogens is 3. The molecule has 0 fully saturated rings. The molecule has 10 heteroatoms. The van der Waals surface area contributed by atoms with Crippen molar-refractivity contribution in [2.45, 2.75) is 51.9 Å². The summed E-state index contributed by atoms with van der Waals surface area (Å²) in [5.41, 5.74) is 0.728. The van der Waals surface area contributed by atoms with Gasteiger partial charge >= 0.3 is 0 Å². The van der Waals surface area contributed by atoms with Gasteiger partial charge in [0.25, 0.3) is 0 Å². The van der Waals surface area contributed by atoms with Gasteiger partial charge in [-0.2, -0.15) is 0 Å². The molecule has 2 rings (SSSR count). The Bertz CT molecular complexity index is 888. The summed E-state index contributed by atoms with van der Waals surface area (Å²) in [6, 6.07) is 4.63. The van der Waals surface area contributed by atoms with Crippen molar-refractivity contribution in [3.8, 4) is 11.4 Å². The molecule has 0 radical (unpaired) electrons. The van der Waals surface area contributed by atoms with Gasteiger partial charge in [-0.3, -0.25) is 9.59 Å². The van der Waals surface area contributed by atoms with Gasteiger partial charge in [-0.25, -0.2) is 0 Å². The average Bonchev–Trinajstić information content (AvgIpc) is 3.06. The number of halogens is 2. The number of nitrogens with one attached hydrogen (secondary N) is 2. The van der Waals surface area contributed by atoms with E-state index in [2.05, 4.69) is 34.7 Å². The number of hydrogen-bond acceptors (Lipinski definition) is 5. The third-order valence-corrected chi connectivity index (χ3v) is 5.60. The van der Waals surface area contributed by atoms with Gasteiger partial charge in [-0.05, 0) is 37.5 Å². The third-order valence-electron chi connectivity index (χ3n) is 4.09.